The molecule has 0 aliphatic heterocycles. The standard InChI is InChI=1S/C60H102O6/c1-4-7-10-13-16-19-22-25-28-31-34-37-40-43-46-49-52-58(61)64-55-57(66-60(63)54-51-48-45-42-39-36-33-30-27-24-21-18-15-12-9-6-3)56-65-59(62)53-50-47-44-41-38-35-32-29-26-23-20-17-14-11-8-5-2/h7,9-10,12,16,18-19,21,25,27-28,30,34,37,57H,4-6,8,11,13-15,17,20,22-24,26,29,31-33,35-36,38-56H2,1-3H3/b10-7-,12-9-,19-16-,21-18-,28-25-,30-27-,37-34-. The highest BCUT2D eigenvalue weighted by Crippen LogP contribution is 2.15. The summed E-state index contributed by atoms with van der Waals surface area (Å²) in [5.74, 6) is -0.931. The average molecular weight is 919 g/mol. The van der Waals surface area contributed by atoms with Crippen molar-refractivity contribution in [2.75, 3.05) is 13.2 Å². The summed E-state index contributed by atoms with van der Waals surface area (Å²) in [7, 11) is 0. The number of unbranched alkanes of at least 4 members (excludes halogenated alkanes) is 24. The Balaban J connectivity index is 4.45. The van der Waals surface area contributed by atoms with Gasteiger partial charge in [0.25, 0.3) is 0 Å². The molecule has 1 atom stereocenters. The first-order valence-electron chi connectivity index (χ1n) is 27.6. The minimum absolute atomic E-state index is 0.0907. The number of carbonyl (C=O) groups is 3. The molecule has 0 aromatic carbocycles. The molecule has 0 aromatic heterocycles. The molecule has 0 saturated heterocycles. The van der Waals surface area contributed by atoms with E-state index in [1.807, 2.05) is 0 Å². The summed E-state index contributed by atoms with van der Waals surface area (Å²) in [5, 5.41) is 0. The minimum atomic E-state index is -0.796. The number of hydrogen-bond donors (Lipinski definition) is 0. The summed E-state index contributed by atoms with van der Waals surface area (Å²) in [6, 6.07) is 0. The van der Waals surface area contributed by atoms with Crippen LogP contribution in [0.5, 0.6) is 0 Å². The smallest absolute Gasteiger partial charge is 0.306 e. The second-order valence-corrected chi connectivity index (χ2v) is 18.1. The van der Waals surface area contributed by atoms with Gasteiger partial charge in [-0.2, -0.15) is 0 Å². The topological polar surface area (TPSA) is 78.9 Å². The minimum Gasteiger partial charge on any atom is -0.462 e. The second kappa shape index (κ2) is 54.2. The summed E-state index contributed by atoms with van der Waals surface area (Å²) < 4.78 is 16.8. The van der Waals surface area contributed by atoms with Gasteiger partial charge in [0.1, 0.15) is 13.2 Å². The largest absolute Gasteiger partial charge is 0.462 e. The Morgan fingerprint density at radius 1 is 0.318 bits per heavy atom. The highest BCUT2D eigenvalue weighted by atomic mass is 16.6. The van der Waals surface area contributed by atoms with Crippen LogP contribution in [0.25, 0.3) is 0 Å². The van der Waals surface area contributed by atoms with E-state index in [2.05, 4.69) is 106 Å². The van der Waals surface area contributed by atoms with Gasteiger partial charge < -0.3 is 14.2 Å². The Labute approximate surface area is 407 Å². The van der Waals surface area contributed by atoms with Gasteiger partial charge in [-0.1, -0.05) is 234 Å². The first-order chi connectivity index (χ1) is 32.5. The van der Waals surface area contributed by atoms with Gasteiger partial charge in [0, 0.05) is 19.3 Å². The lowest BCUT2D eigenvalue weighted by Gasteiger charge is -2.18. The van der Waals surface area contributed by atoms with Crippen molar-refractivity contribution in [1.82, 2.24) is 0 Å². The van der Waals surface area contributed by atoms with Crippen molar-refractivity contribution < 1.29 is 28.6 Å². The number of rotatable bonds is 49. The number of carbonyl (C=O) groups excluding carboxylic acids is 3. The Morgan fingerprint density at radius 3 is 0.939 bits per heavy atom. The molecule has 0 aliphatic carbocycles. The van der Waals surface area contributed by atoms with Gasteiger partial charge in [-0.25, -0.2) is 0 Å². The van der Waals surface area contributed by atoms with Crippen LogP contribution >= 0.6 is 0 Å². The van der Waals surface area contributed by atoms with Gasteiger partial charge in [0.15, 0.2) is 6.10 Å². The van der Waals surface area contributed by atoms with Crippen LogP contribution in [0.2, 0.25) is 0 Å². The maximum Gasteiger partial charge on any atom is 0.306 e. The van der Waals surface area contributed by atoms with Gasteiger partial charge >= 0.3 is 17.9 Å². The van der Waals surface area contributed by atoms with Crippen LogP contribution in [0.1, 0.15) is 258 Å². The number of esters is 3. The van der Waals surface area contributed by atoms with Crippen molar-refractivity contribution in [2.24, 2.45) is 0 Å². The van der Waals surface area contributed by atoms with E-state index in [4.69, 9.17) is 14.2 Å². The summed E-state index contributed by atoms with van der Waals surface area (Å²) in [4.78, 5) is 38.1. The maximum atomic E-state index is 12.8. The van der Waals surface area contributed by atoms with Crippen molar-refractivity contribution in [1.29, 1.82) is 0 Å². The van der Waals surface area contributed by atoms with E-state index < -0.39 is 6.10 Å². The molecule has 0 saturated carbocycles. The van der Waals surface area contributed by atoms with E-state index in [1.54, 1.807) is 0 Å². The fraction of sp³-hybridized carbons (Fsp3) is 0.717. The monoisotopic (exact) mass is 919 g/mol. The summed E-state index contributed by atoms with van der Waals surface area (Å²) in [5.41, 5.74) is 0. The number of ether oxygens (including phenoxy) is 3. The molecule has 0 rings (SSSR count). The second-order valence-electron chi connectivity index (χ2n) is 18.1. The van der Waals surface area contributed by atoms with E-state index in [0.717, 1.165) is 122 Å². The molecule has 66 heavy (non-hydrogen) atoms. The molecule has 0 heterocycles. The SMILES string of the molecule is CC/C=C\C/C=C\C/C=C\C/C=C\CCCCCC(=O)OCC(COC(=O)CCCCCCCCCCCCCCCCCC)OC(=O)CCCCCCCC/C=C\C/C=C\C/C=C\CC. The van der Waals surface area contributed by atoms with E-state index in [9.17, 15) is 14.4 Å². The molecular formula is C60H102O6. The quantitative estimate of drug-likeness (QED) is 0.0262. The third-order valence-electron chi connectivity index (χ3n) is 11.6. The molecule has 0 radical (unpaired) electrons. The molecule has 0 spiro atoms. The Morgan fingerprint density at radius 2 is 0.591 bits per heavy atom. The summed E-state index contributed by atoms with van der Waals surface area (Å²) >= 11 is 0. The number of hydrogen-bond acceptors (Lipinski definition) is 6. The molecule has 6 nitrogen and oxygen atoms in total. The van der Waals surface area contributed by atoms with Crippen molar-refractivity contribution >= 4 is 17.9 Å². The molecule has 0 N–H and O–H groups in total. The lowest BCUT2D eigenvalue weighted by molar-refractivity contribution is -0.167. The van der Waals surface area contributed by atoms with E-state index in [-0.39, 0.29) is 31.1 Å². The van der Waals surface area contributed by atoms with E-state index in [0.29, 0.717) is 19.3 Å². The van der Waals surface area contributed by atoms with Crippen LogP contribution < -0.4 is 0 Å². The zero-order valence-corrected chi connectivity index (χ0v) is 43.2. The van der Waals surface area contributed by atoms with Crippen LogP contribution in [0.15, 0.2) is 85.1 Å². The Bertz CT molecular complexity index is 1290. The summed E-state index contributed by atoms with van der Waals surface area (Å²) in [6.45, 7) is 6.39. The highest BCUT2D eigenvalue weighted by molar-refractivity contribution is 5.71. The maximum absolute atomic E-state index is 12.8. The van der Waals surface area contributed by atoms with Gasteiger partial charge in [0.05, 0.1) is 0 Å². The number of allylic oxidation sites excluding steroid dienone is 14. The van der Waals surface area contributed by atoms with Crippen LogP contribution in [0, 0.1) is 0 Å². The molecular weight excluding hydrogens is 817 g/mol. The van der Waals surface area contributed by atoms with E-state index in [1.165, 1.54) is 96.3 Å². The molecule has 0 bridgehead atoms. The molecule has 0 aromatic rings. The Kier molecular flexibility index (Phi) is 51.4. The molecule has 0 fully saturated rings. The first-order valence-corrected chi connectivity index (χ1v) is 27.6. The fourth-order valence-electron chi connectivity index (χ4n) is 7.57. The normalized spacial score (nSPS) is 12.7. The van der Waals surface area contributed by atoms with Gasteiger partial charge in [0.2, 0.25) is 0 Å². The lowest BCUT2D eigenvalue weighted by Crippen LogP contribution is -2.30. The molecule has 1 unspecified atom stereocenters. The zero-order valence-electron chi connectivity index (χ0n) is 43.2. The van der Waals surface area contributed by atoms with Crippen molar-refractivity contribution in [3.8, 4) is 0 Å². The van der Waals surface area contributed by atoms with Crippen LogP contribution in [0.4, 0.5) is 0 Å². The third-order valence-corrected chi connectivity index (χ3v) is 11.6. The van der Waals surface area contributed by atoms with Gasteiger partial charge in [-0.15, -0.1) is 0 Å². The van der Waals surface area contributed by atoms with Crippen LogP contribution in [0.3, 0.4) is 0 Å². The molecule has 0 amide bonds. The summed E-state index contributed by atoms with van der Waals surface area (Å²) in [6.07, 6.45) is 70.0. The van der Waals surface area contributed by atoms with Gasteiger partial charge in [-0.3, -0.25) is 14.4 Å². The first kappa shape index (κ1) is 62.6. The lowest BCUT2D eigenvalue weighted by atomic mass is 10.0. The van der Waals surface area contributed by atoms with Crippen LogP contribution in [-0.2, 0) is 28.6 Å². The van der Waals surface area contributed by atoms with Crippen LogP contribution in [-0.4, -0.2) is 37.2 Å². The molecule has 6 heteroatoms. The third kappa shape index (κ3) is 51.6. The predicted molar refractivity (Wildman–Crippen MR) is 284 cm³/mol. The highest BCUT2D eigenvalue weighted by Gasteiger charge is 2.19. The van der Waals surface area contributed by atoms with Crippen molar-refractivity contribution in [3.05, 3.63) is 85.1 Å². The van der Waals surface area contributed by atoms with E-state index >= 15 is 0 Å². The zero-order chi connectivity index (χ0) is 47.9. The fourth-order valence-corrected chi connectivity index (χ4v) is 7.57. The van der Waals surface area contributed by atoms with Crippen molar-refractivity contribution in [2.45, 2.75) is 264 Å². The van der Waals surface area contributed by atoms with Gasteiger partial charge in [-0.05, 0) is 89.9 Å². The molecule has 0 aliphatic rings. The Hall–Kier alpha value is -3.41. The average Bonchev–Trinajstić information content (AvgIpc) is 3.31. The van der Waals surface area contributed by atoms with Crippen molar-refractivity contribution in [3.63, 3.8) is 0 Å². The predicted octanol–water partition coefficient (Wildman–Crippen LogP) is 18.4. The molecule has 378 valence electrons.